The molecule has 2 aromatic rings. The topological polar surface area (TPSA) is 63.6 Å². The highest BCUT2D eigenvalue weighted by molar-refractivity contribution is 6.42. The summed E-state index contributed by atoms with van der Waals surface area (Å²) in [5, 5.41) is 7.70. The molecule has 1 amide bonds. The Kier molecular flexibility index (Phi) is 6.58. The van der Waals surface area contributed by atoms with Gasteiger partial charge in [0.2, 0.25) is 5.91 Å². The average molecular weight is 366 g/mol. The van der Waals surface area contributed by atoms with E-state index in [0.29, 0.717) is 27.9 Å². The Morgan fingerprint density at radius 3 is 2.71 bits per heavy atom. The van der Waals surface area contributed by atoms with Crippen molar-refractivity contribution in [2.75, 3.05) is 12.4 Å². The lowest BCUT2D eigenvalue weighted by atomic mass is 10.1. The lowest BCUT2D eigenvalue weighted by Gasteiger charge is -2.09. The first-order chi connectivity index (χ1) is 11.5. The van der Waals surface area contributed by atoms with Crippen molar-refractivity contribution < 1.29 is 9.63 Å². The number of hydrogen-bond donors (Lipinski definition) is 1. The molecule has 0 bridgehead atoms. The van der Waals surface area contributed by atoms with E-state index in [1.807, 2.05) is 13.0 Å². The molecule has 0 saturated carbocycles. The number of anilines is 1. The molecule has 0 aliphatic carbocycles. The summed E-state index contributed by atoms with van der Waals surface area (Å²) >= 11 is 12.0. The van der Waals surface area contributed by atoms with Crippen molar-refractivity contribution in [2.24, 2.45) is 5.16 Å². The Hall–Kier alpha value is -2.11. The van der Waals surface area contributed by atoms with Crippen LogP contribution < -0.4 is 5.32 Å². The molecule has 0 aliphatic rings. The average Bonchev–Trinajstić information content (AvgIpc) is 2.56. The molecule has 2 rings (SSSR count). The van der Waals surface area contributed by atoms with Crippen LogP contribution in [0, 0.1) is 6.92 Å². The van der Waals surface area contributed by atoms with Crippen molar-refractivity contribution in [1.29, 1.82) is 0 Å². The van der Waals surface area contributed by atoms with E-state index in [1.54, 1.807) is 30.6 Å². The first-order valence-electron chi connectivity index (χ1n) is 7.27. The van der Waals surface area contributed by atoms with Crippen LogP contribution >= 0.6 is 23.2 Å². The van der Waals surface area contributed by atoms with Crippen molar-refractivity contribution in [3.63, 3.8) is 0 Å². The smallest absolute Gasteiger partial charge is 0.224 e. The Balaban J connectivity index is 2.04. The van der Waals surface area contributed by atoms with E-state index in [1.165, 1.54) is 7.11 Å². The molecular weight excluding hydrogens is 349 g/mol. The van der Waals surface area contributed by atoms with E-state index in [0.717, 1.165) is 11.1 Å². The largest absolute Gasteiger partial charge is 0.399 e. The van der Waals surface area contributed by atoms with E-state index in [2.05, 4.69) is 15.5 Å². The molecule has 0 radical (unpaired) electrons. The number of hydrogen-bond acceptors (Lipinski definition) is 4. The maximum Gasteiger partial charge on any atom is 0.224 e. The molecule has 1 N–H and O–H groups in total. The monoisotopic (exact) mass is 365 g/mol. The third-order valence-electron chi connectivity index (χ3n) is 3.36. The molecule has 126 valence electrons. The molecule has 1 heterocycles. The van der Waals surface area contributed by atoms with Gasteiger partial charge in [-0.1, -0.05) is 34.4 Å². The number of carbonyl (C=O) groups excluding carboxylic acids is 1. The summed E-state index contributed by atoms with van der Waals surface area (Å²) in [6.07, 6.45) is 3.95. The molecule has 1 aromatic carbocycles. The summed E-state index contributed by atoms with van der Waals surface area (Å²) < 4.78 is 0. The molecule has 24 heavy (non-hydrogen) atoms. The fourth-order valence-electron chi connectivity index (χ4n) is 2.07. The highest BCUT2D eigenvalue weighted by Gasteiger charge is 2.11. The van der Waals surface area contributed by atoms with Gasteiger partial charge in [0.25, 0.3) is 0 Å². The van der Waals surface area contributed by atoms with Gasteiger partial charge in [0.15, 0.2) is 0 Å². The van der Waals surface area contributed by atoms with Crippen LogP contribution in [-0.2, 0) is 9.63 Å². The van der Waals surface area contributed by atoms with Gasteiger partial charge in [0.05, 0.1) is 27.6 Å². The standard InChI is InChI=1S/C17H17Cl2N3O2/c1-11-7-8-20-10-16(11)21-17(23)6-5-15(22-24-2)12-3-4-13(18)14(19)9-12/h3-4,7-10H,5-6H2,1-2H3,(H,21,23)/b22-15-. The highest BCUT2D eigenvalue weighted by Crippen LogP contribution is 2.24. The third kappa shape index (κ3) is 4.94. The van der Waals surface area contributed by atoms with E-state index in [4.69, 9.17) is 28.0 Å². The van der Waals surface area contributed by atoms with Gasteiger partial charge in [-0.2, -0.15) is 0 Å². The number of oxime groups is 1. The second-order valence-corrected chi connectivity index (χ2v) is 5.90. The minimum absolute atomic E-state index is 0.130. The van der Waals surface area contributed by atoms with E-state index < -0.39 is 0 Å². The Labute approximate surface area is 150 Å². The molecular formula is C17H17Cl2N3O2. The third-order valence-corrected chi connectivity index (χ3v) is 4.10. The van der Waals surface area contributed by atoms with Crippen LogP contribution in [0.1, 0.15) is 24.0 Å². The summed E-state index contributed by atoms with van der Waals surface area (Å²) in [7, 11) is 1.45. The zero-order chi connectivity index (χ0) is 17.5. The fourth-order valence-corrected chi connectivity index (χ4v) is 2.37. The van der Waals surface area contributed by atoms with Crippen LogP contribution in [0.25, 0.3) is 0 Å². The number of nitrogens with zero attached hydrogens (tertiary/aromatic N) is 2. The Morgan fingerprint density at radius 1 is 1.25 bits per heavy atom. The van der Waals surface area contributed by atoms with E-state index >= 15 is 0 Å². The van der Waals surface area contributed by atoms with Gasteiger partial charge < -0.3 is 10.2 Å². The number of benzene rings is 1. The number of amides is 1. The van der Waals surface area contributed by atoms with E-state index in [-0.39, 0.29) is 12.3 Å². The van der Waals surface area contributed by atoms with Gasteiger partial charge in [0.1, 0.15) is 7.11 Å². The second kappa shape index (κ2) is 8.66. The zero-order valence-electron chi connectivity index (χ0n) is 13.3. The van der Waals surface area contributed by atoms with Crippen LogP contribution in [0.3, 0.4) is 0 Å². The summed E-state index contributed by atoms with van der Waals surface area (Å²) in [6, 6.07) is 7.01. The first kappa shape index (κ1) is 18.2. The van der Waals surface area contributed by atoms with Gasteiger partial charge in [-0.05, 0) is 30.7 Å². The van der Waals surface area contributed by atoms with Crippen molar-refractivity contribution in [2.45, 2.75) is 19.8 Å². The second-order valence-electron chi connectivity index (χ2n) is 5.09. The summed E-state index contributed by atoms with van der Waals surface area (Å²) in [4.78, 5) is 21.0. The number of carbonyl (C=O) groups is 1. The van der Waals surface area contributed by atoms with Crippen LogP contribution in [0.5, 0.6) is 0 Å². The van der Waals surface area contributed by atoms with Crippen LogP contribution in [0.15, 0.2) is 41.8 Å². The van der Waals surface area contributed by atoms with Gasteiger partial charge in [0, 0.05) is 24.6 Å². The number of halogens is 2. The molecule has 0 fully saturated rings. The molecule has 0 aliphatic heterocycles. The first-order valence-corrected chi connectivity index (χ1v) is 8.02. The van der Waals surface area contributed by atoms with Crippen LogP contribution in [0.2, 0.25) is 10.0 Å². The molecule has 0 saturated heterocycles. The molecule has 0 spiro atoms. The normalized spacial score (nSPS) is 11.2. The highest BCUT2D eigenvalue weighted by atomic mass is 35.5. The predicted octanol–water partition coefficient (Wildman–Crippen LogP) is 4.47. The quantitative estimate of drug-likeness (QED) is 0.606. The molecule has 5 nitrogen and oxygen atoms in total. The fraction of sp³-hybridized carbons (Fsp3) is 0.235. The van der Waals surface area contributed by atoms with Crippen LogP contribution in [-0.4, -0.2) is 23.7 Å². The summed E-state index contributed by atoms with van der Waals surface area (Å²) in [5.41, 5.74) is 3.03. The number of pyridine rings is 1. The number of nitrogens with one attached hydrogen (secondary N) is 1. The minimum Gasteiger partial charge on any atom is -0.399 e. The Bertz CT molecular complexity index is 763. The lowest BCUT2D eigenvalue weighted by Crippen LogP contribution is -2.15. The summed E-state index contributed by atoms with van der Waals surface area (Å²) in [6.45, 7) is 1.91. The molecule has 7 heteroatoms. The Morgan fingerprint density at radius 2 is 2.04 bits per heavy atom. The van der Waals surface area contributed by atoms with Gasteiger partial charge in [-0.3, -0.25) is 9.78 Å². The predicted molar refractivity (Wildman–Crippen MR) is 96.8 cm³/mol. The summed E-state index contributed by atoms with van der Waals surface area (Å²) in [5.74, 6) is -0.130. The van der Waals surface area contributed by atoms with Crippen molar-refractivity contribution in [1.82, 2.24) is 4.98 Å². The van der Waals surface area contributed by atoms with Gasteiger partial charge >= 0.3 is 0 Å². The van der Waals surface area contributed by atoms with E-state index in [9.17, 15) is 4.79 Å². The number of aryl methyl sites for hydroxylation is 1. The SMILES string of the molecule is CO/N=C(/CCC(=O)Nc1cnccc1C)c1ccc(Cl)c(Cl)c1. The zero-order valence-corrected chi connectivity index (χ0v) is 14.9. The number of aromatic nitrogens is 1. The van der Waals surface area contributed by atoms with Crippen molar-refractivity contribution in [3.8, 4) is 0 Å². The lowest BCUT2D eigenvalue weighted by molar-refractivity contribution is -0.116. The maximum atomic E-state index is 12.1. The number of rotatable bonds is 6. The van der Waals surface area contributed by atoms with Gasteiger partial charge in [-0.25, -0.2) is 0 Å². The van der Waals surface area contributed by atoms with Crippen molar-refractivity contribution in [3.05, 3.63) is 57.8 Å². The molecule has 0 atom stereocenters. The van der Waals surface area contributed by atoms with Gasteiger partial charge in [-0.15, -0.1) is 0 Å². The molecule has 1 aromatic heterocycles. The van der Waals surface area contributed by atoms with Crippen molar-refractivity contribution >= 4 is 40.5 Å². The van der Waals surface area contributed by atoms with Crippen LogP contribution in [0.4, 0.5) is 5.69 Å². The maximum absolute atomic E-state index is 12.1. The minimum atomic E-state index is -0.130. The molecule has 0 unspecified atom stereocenters.